The third-order valence-corrected chi connectivity index (χ3v) is 5.65. The molecule has 0 unspecified atom stereocenters. The highest BCUT2D eigenvalue weighted by Crippen LogP contribution is 2.19. The molecule has 0 aliphatic carbocycles. The number of hydrazone groups is 1. The molecule has 3 aromatic rings. The molecule has 5 heteroatoms. The van der Waals surface area contributed by atoms with Crippen molar-refractivity contribution in [2.45, 2.75) is 12.7 Å². The van der Waals surface area contributed by atoms with Crippen molar-refractivity contribution in [2.75, 3.05) is 5.75 Å². The number of halogens is 1. The molecule has 0 saturated carbocycles. The molecule has 0 saturated heterocycles. The summed E-state index contributed by atoms with van der Waals surface area (Å²) < 4.78 is 1.17. The molecular weight excluding hydrogens is 455 g/mol. The van der Waals surface area contributed by atoms with Crippen LogP contribution in [0.15, 0.2) is 71.8 Å². The van der Waals surface area contributed by atoms with Gasteiger partial charge in [-0.1, -0.05) is 54.6 Å². The standard InChI is InChI=1S/C21H19IN2OS/c1-15(17-8-10-20(22)11-9-17)23-24-21(25)14-26-13-16-6-7-18-4-2-3-5-19(18)12-16/h2-12H,13-14H2,1H3,(H,24,25)/b23-15-. The average Bonchev–Trinajstić information content (AvgIpc) is 2.66. The van der Waals surface area contributed by atoms with Gasteiger partial charge in [0.05, 0.1) is 11.5 Å². The molecule has 1 N–H and O–H groups in total. The van der Waals surface area contributed by atoms with E-state index in [-0.39, 0.29) is 5.91 Å². The normalized spacial score (nSPS) is 11.5. The summed E-state index contributed by atoms with van der Waals surface area (Å²) >= 11 is 3.85. The average molecular weight is 474 g/mol. The Morgan fingerprint density at radius 1 is 1.04 bits per heavy atom. The maximum Gasteiger partial charge on any atom is 0.250 e. The summed E-state index contributed by atoms with van der Waals surface area (Å²) in [5.74, 6) is 1.11. The van der Waals surface area contributed by atoms with Crippen molar-refractivity contribution < 1.29 is 4.79 Å². The molecular formula is C21H19IN2OS. The molecule has 0 fully saturated rings. The zero-order chi connectivity index (χ0) is 18.4. The lowest BCUT2D eigenvalue weighted by atomic mass is 10.1. The molecule has 0 aromatic heterocycles. The van der Waals surface area contributed by atoms with E-state index in [0.29, 0.717) is 5.75 Å². The number of rotatable bonds is 6. The smallest absolute Gasteiger partial charge is 0.250 e. The molecule has 26 heavy (non-hydrogen) atoms. The summed E-state index contributed by atoms with van der Waals surface area (Å²) in [5, 5.41) is 6.66. The van der Waals surface area contributed by atoms with Crippen molar-refractivity contribution in [1.29, 1.82) is 0 Å². The fourth-order valence-electron chi connectivity index (χ4n) is 2.52. The lowest BCUT2D eigenvalue weighted by molar-refractivity contribution is -0.118. The third-order valence-electron chi connectivity index (χ3n) is 3.93. The number of carbonyl (C=O) groups excluding carboxylic acids is 1. The lowest BCUT2D eigenvalue weighted by Gasteiger charge is -2.05. The maximum atomic E-state index is 12.0. The van der Waals surface area contributed by atoms with Crippen LogP contribution in [0.3, 0.4) is 0 Å². The van der Waals surface area contributed by atoms with Gasteiger partial charge in [-0.05, 0) is 63.5 Å². The quantitative estimate of drug-likeness (QED) is 0.303. The number of amides is 1. The van der Waals surface area contributed by atoms with E-state index in [9.17, 15) is 4.79 Å². The van der Waals surface area contributed by atoms with Crippen LogP contribution in [0.5, 0.6) is 0 Å². The molecule has 3 nitrogen and oxygen atoms in total. The molecule has 0 atom stereocenters. The van der Waals surface area contributed by atoms with Crippen LogP contribution in [-0.4, -0.2) is 17.4 Å². The van der Waals surface area contributed by atoms with Gasteiger partial charge in [0.25, 0.3) is 0 Å². The van der Waals surface area contributed by atoms with E-state index >= 15 is 0 Å². The van der Waals surface area contributed by atoms with Crippen LogP contribution in [0.25, 0.3) is 10.8 Å². The molecule has 0 heterocycles. The van der Waals surface area contributed by atoms with Crippen molar-refractivity contribution >= 4 is 56.7 Å². The topological polar surface area (TPSA) is 41.5 Å². The number of benzene rings is 3. The van der Waals surface area contributed by atoms with Crippen molar-refractivity contribution in [3.63, 3.8) is 0 Å². The van der Waals surface area contributed by atoms with Crippen molar-refractivity contribution in [3.05, 3.63) is 81.4 Å². The molecule has 3 aromatic carbocycles. The number of hydrogen-bond donors (Lipinski definition) is 1. The van der Waals surface area contributed by atoms with Gasteiger partial charge in [0.2, 0.25) is 5.91 Å². The number of thioether (sulfide) groups is 1. The van der Waals surface area contributed by atoms with Gasteiger partial charge in [0.15, 0.2) is 0 Å². The van der Waals surface area contributed by atoms with E-state index in [4.69, 9.17) is 0 Å². The molecule has 0 aliphatic rings. The molecule has 0 bridgehead atoms. The van der Waals surface area contributed by atoms with Gasteiger partial charge in [-0.3, -0.25) is 4.79 Å². The Labute approximate surface area is 171 Å². The van der Waals surface area contributed by atoms with Crippen LogP contribution in [0.1, 0.15) is 18.1 Å². The summed E-state index contributed by atoms with van der Waals surface area (Å²) in [6.07, 6.45) is 0. The van der Waals surface area contributed by atoms with Crippen LogP contribution in [0.2, 0.25) is 0 Å². The summed E-state index contributed by atoms with van der Waals surface area (Å²) in [6, 6.07) is 22.8. The van der Waals surface area contributed by atoms with E-state index in [2.05, 4.69) is 63.4 Å². The first-order valence-electron chi connectivity index (χ1n) is 8.26. The second kappa shape index (κ2) is 9.19. The van der Waals surface area contributed by atoms with Crippen LogP contribution in [-0.2, 0) is 10.5 Å². The van der Waals surface area contributed by atoms with Gasteiger partial charge in [0, 0.05) is 9.32 Å². The van der Waals surface area contributed by atoms with Crippen molar-refractivity contribution in [2.24, 2.45) is 5.10 Å². The molecule has 0 spiro atoms. The Bertz CT molecular complexity index is 938. The molecule has 0 radical (unpaired) electrons. The number of nitrogens with zero attached hydrogens (tertiary/aromatic N) is 1. The summed E-state index contributed by atoms with van der Waals surface area (Å²) in [5.41, 5.74) is 5.67. The van der Waals surface area contributed by atoms with E-state index in [1.165, 1.54) is 19.9 Å². The largest absolute Gasteiger partial charge is 0.272 e. The van der Waals surface area contributed by atoms with E-state index in [0.717, 1.165) is 17.0 Å². The number of nitrogens with one attached hydrogen (secondary N) is 1. The minimum atomic E-state index is -0.0827. The van der Waals surface area contributed by atoms with E-state index in [1.54, 1.807) is 11.8 Å². The summed E-state index contributed by atoms with van der Waals surface area (Å²) in [7, 11) is 0. The first kappa shape index (κ1) is 18.9. The van der Waals surface area contributed by atoms with Crippen LogP contribution < -0.4 is 5.43 Å². The molecule has 0 aliphatic heterocycles. The Balaban J connectivity index is 1.49. The fraction of sp³-hybridized carbons (Fsp3) is 0.143. The third kappa shape index (κ3) is 5.32. The Kier molecular flexibility index (Phi) is 6.68. The van der Waals surface area contributed by atoms with Gasteiger partial charge in [-0.25, -0.2) is 5.43 Å². The predicted octanol–water partition coefficient (Wildman–Crippen LogP) is 5.22. The second-order valence-electron chi connectivity index (χ2n) is 5.91. The van der Waals surface area contributed by atoms with Crippen LogP contribution >= 0.6 is 34.4 Å². The Hall–Kier alpha value is -1.86. The summed E-state index contributed by atoms with van der Waals surface area (Å²) in [6.45, 7) is 1.89. The summed E-state index contributed by atoms with van der Waals surface area (Å²) in [4.78, 5) is 12.0. The number of carbonyl (C=O) groups is 1. The molecule has 1 amide bonds. The molecule has 132 valence electrons. The fourth-order valence-corrected chi connectivity index (χ4v) is 3.65. The van der Waals surface area contributed by atoms with Crippen LogP contribution in [0.4, 0.5) is 0 Å². The number of hydrogen-bond acceptors (Lipinski definition) is 3. The zero-order valence-electron chi connectivity index (χ0n) is 14.4. The van der Waals surface area contributed by atoms with E-state index in [1.807, 2.05) is 43.3 Å². The Morgan fingerprint density at radius 2 is 1.77 bits per heavy atom. The SMILES string of the molecule is C/C(=N/NC(=O)CSCc1ccc2ccccc2c1)c1ccc(I)cc1. The first-order chi connectivity index (χ1) is 12.6. The minimum absolute atomic E-state index is 0.0827. The monoisotopic (exact) mass is 474 g/mol. The van der Waals surface area contributed by atoms with Crippen molar-refractivity contribution in [3.8, 4) is 0 Å². The van der Waals surface area contributed by atoms with Gasteiger partial charge in [-0.15, -0.1) is 11.8 Å². The van der Waals surface area contributed by atoms with Gasteiger partial charge in [-0.2, -0.15) is 5.10 Å². The van der Waals surface area contributed by atoms with Crippen molar-refractivity contribution in [1.82, 2.24) is 5.43 Å². The van der Waals surface area contributed by atoms with Crippen LogP contribution in [0, 0.1) is 3.57 Å². The number of fused-ring (bicyclic) bond motifs is 1. The highest BCUT2D eigenvalue weighted by Gasteiger charge is 2.03. The highest BCUT2D eigenvalue weighted by atomic mass is 127. The second-order valence-corrected chi connectivity index (χ2v) is 8.14. The Morgan fingerprint density at radius 3 is 2.54 bits per heavy atom. The van der Waals surface area contributed by atoms with Gasteiger partial charge >= 0.3 is 0 Å². The zero-order valence-corrected chi connectivity index (χ0v) is 17.4. The van der Waals surface area contributed by atoms with E-state index < -0.39 is 0 Å². The lowest BCUT2D eigenvalue weighted by Crippen LogP contribution is -2.21. The highest BCUT2D eigenvalue weighted by molar-refractivity contribution is 14.1. The minimum Gasteiger partial charge on any atom is -0.272 e. The van der Waals surface area contributed by atoms with Gasteiger partial charge < -0.3 is 0 Å². The predicted molar refractivity (Wildman–Crippen MR) is 120 cm³/mol. The molecule has 3 rings (SSSR count). The maximum absolute atomic E-state index is 12.0. The first-order valence-corrected chi connectivity index (χ1v) is 10.5. The van der Waals surface area contributed by atoms with Gasteiger partial charge in [0.1, 0.15) is 0 Å².